The van der Waals surface area contributed by atoms with Crippen LogP contribution in [-0.2, 0) is 16.4 Å². The number of carboxylic acid groups (broad SMARTS) is 1. The number of phenols is 1. The number of H-pyrrole nitrogens is 1. The molecule has 0 saturated carbocycles. The molecule has 0 atom stereocenters. The zero-order valence-electron chi connectivity index (χ0n) is 14.5. The summed E-state index contributed by atoms with van der Waals surface area (Å²) in [7, 11) is -5.33. The van der Waals surface area contributed by atoms with Crippen molar-refractivity contribution < 1.29 is 38.2 Å². The van der Waals surface area contributed by atoms with E-state index >= 15 is 0 Å². The maximum Gasteiger partial charge on any atom is 0.451 e. The Hall–Kier alpha value is -2.61. The van der Waals surface area contributed by atoms with Crippen molar-refractivity contribution in [2.24, 2.45) is 0 Å². The van der Waals surface area contributed by atoms with Crippen LogP contribution in [0.1, 0.15) is 15.9 Å². The molecule has 1 aliphatic rings. The van der Waals surface area contributed by atoms with E-state index in [2.05, 4.69) is 9.97 Å². The van der Waals surface area contributed by atoms with Gasteiger partial charge in [0.1, 0.15) is 23.2 Å². The van der Waals surface area contributed by atoms with Crippen molar-refractivity contribution >= 4 is 23.1 Å². The van der Waals surface area contributed by atoms with Crippen LogP contribution in [0.25, 0.3) is 0 Å². The zero-order chi connectivity index (χ0) is 20.5. The third kappa shape index (κ3) is 3.97. The molecule has 3 rings (SSSR count). The SMILES string of the molecule is O=C(O)c1c(OC2CN(S(=O)(=O)c3c[nH]cn3)C2)ccc(CCB(O)O)c1O. The van der Waals surface area contributed by atoms with Crippen molar-refractivity contribution in [1.82, 2.24) is 14.3 Å². The summed E-state index contributed by atoms with van der Waals surface area (Å²) >= 11 is 0. The maximum absolute atomic E-state index is 12.3. The molecule has 2 heterocycles. The Morgan fingerprint density at radius 1 is 1.36 bits per heavy atom. The highest BCUT2D eigenvalue weighted by Gasteiger charge is 2.39. The van der Waals surface area contributed by atoms with Crippen LogP contribution < -0.4 is 4.74 Å². The lowest BCUT2D eigenvalue weighted by molar-refractivity contribution is 0.0631. The van der Waals surface area contributed by atoms with Crippen LogP contribution >= 0.6 is 0 Å². The largest absolute Gasteiger partial charge is 0.507 e. The maximum atomic E-state index is 12.3. The van der Waals surface area contributed by atoms with Gasteiger partial charge in [-0.3, -0.25) is 0 Å². The molecule has 0 bridgehead atoms. The van der Waals surface area contributed by atoms with E-state index in [1.54, 1.807) is 0 Å². The number of aryl methyl sites for hydroxylation is 1. The van der Waals surface area contributed by atoms with Gasteiger partial charge in [-0.25, -0.2) is 18.2 Å². The Bertz CT molecular complexity index is 958. The topological polar surface area (TPSA) is 173 Å². The summed E-state index contributed by atoms with van der Waals surface area (Å²) in [5, 5.41) is 37.4. The number of aromatic hydroxyl groups is 1. The molecule has 1 fully saturated rings. The van der Waals surface area contributed by atoms with E-state index in [-0.39, 0.29) is 42.2 Å². The first kappa shape index (κ1) is 20.1. The average Bonchev–Trinajstić information content (AvgIpc) is 3.11. The molecule has 1 aliphatic heterocycles. The van der Waals surface area contributed by atoms with Crippen LogP contribution in [0.5, 0.6) is 11.5 Å². The lowest BCUT2D eigenvalue weighted by Gasteiger charge is -2.37. The molecule has 13 heteroatoms. The van der Waals surface area contributed by atoms with Gasteiger partial charge in [-0.15, -0.1) is 0 Å². The third-order valence-electron chi connectivity index (χ3n) is 4.29. The number of aromatic nitrogens is 2. The number of nitrogens with zero attached hydrogens (tertiary/aromatic N) is 2. The molecule has 0 spiro atoms. The second-order valence-corrected chi connectivity index (χ2v) is 8.13. The van der Waals surface area contributed by atoms with Gasteiger partial charge >= 0.3 is 13.1 Å². The van der Waals surface area contributed by atoms with Crippen LogP contribution in [0.3, 0.4) is 0 Å². The minimum absolute atomic E-state index is 0.00741. The van der Waals surface area contributed by atoms with E-state index in [1.807, 2.05) is 0 Å². The fraction of sp³-hybridized carbons (Fsp3) is 0.333. The molecule has 0 radical (unpaired) electrons. The third-order valence-corrected chi connectivity index (χ3v) is 6.02. The number of ether oxygens (including phenoxy) is 1. The van der Waals surface area contributed by atoms with Crippen LogP contribution in [0, 0.1) is 0 Å². The van der Waals surface area contributed by atoms with Gasteiger partial charge in [0.05, 0.1) is 19.4 Å². The average molecular weight is 411 g/mol. The molecule has 11 nitrogen and oxygen atoms in total. The van der Waals surface area contributed by atoms with Gasteiger partial charge in [-0.05, 0) is 24.4 Å². The first-order valence-electron chi connectivity index (χ1n) is 8.30. The summed E-state index contributed by atoms with van der Waals surface area (Å²) in [5.41, 5.74) is -0.229. The summed E-state index contributed by atoms with van der Waals surface area (Å²) in [5.74, 6) is -2.04. The first-order valence-corrected chi connectivity index (χ1v) is 9.74. The number of sulfonamides is 1. The fourth-order valence-corrected chi connectivity index (χ4v) is 4.17. The monoisotopic (exact) mass is 411 g/mol. The molecule has 0 unspecified atom stereocenters. The number of imidazole rings is 1. The molecular weight excluding hydrogens is 393 g/mol. The number of aromatic amines is 1. The molecular formula is C15H18BN3O8S. The summed E-state index contributed by atoms with van der Waals surface area (Å²) in [6.07, 6.45) is 1.90. The number of carboxylic acids is 1. The molecule has 1 aromatic heterocycles. The highest BCUT2D eigenvalue weighted by molar-refractivity contribution is 7.89. The Labute approximate surface area is 160 Å². The lowest BCUT2D eigenvalue weighted by atomic mass is 9.82. The fourth-order valence-electron chi connectivity index (χ4n) is 2.78. The van der Waals surface area contributed by atoms with Gasteiger partial charge in [0.25, 0.3) is 10.0 Å². The first-order chi connectivity index (χ1) is 13.2. The van der Waals surface area contributed by atoms with Crippen molar-refractivity contribution in [3.63, 3.8) is 0 Å². The van der Waals surface area contributed by atoms with Crippen molar-refractivity contribution in [2.75, 3.05) is 13.1 Å². The molecule has 150 valence electrons. The summed E-state index contributed by atoms with van der Waals surface area (Å²) in [6.45, 7) is 0.0148. The van der Waals surface area contributed by atoms with E-state index in [4.69, 9.17) is 14.8 Å². The molecule has 0 amide bonds. The zero-order valence-corrected chi connectivity index (χ0v) is 15.3. The van der Waals surface area contributed by atoms with Gasteiger partial charge in [0.15, 0.2) is 5.03 Å². The number of nitrogens with one attached hydrogen (secondary N) is 1. The van der Waals surface area contributed by atoms with Crippen molar-refractivity contribution in [2.45, 2.75) is 23.9 Å². The predicted molar refractivity (Wildman–Crippen MR) is 95.5 cm³/mol. The Morgan fingerprint density at radius 2 is 2.07 bits per heavy atom. The predicted octanol–water partition coefficient (Wildman–Crippen LogP) is -0.719. The summed E-state index contributed by atoms with van der Waals surface area (Å²) in [4.78, 5) is 17.8. The molecule has 2 aromatic rings. The summed E-state index contributed by atoms with van der Waals surface area (Å²) < 4.78 is 31.3. The number of aromatic carboxylic acids is 1. The van der Waals surface area contributed by atoms with Gasteiger partial charge < -0.3 is 30.0 Å². The van der Waals surface area contributed by atoms with Crippen molar-refractivity contribution in [3.05, 3.63) is 35.8 Å². The smallest absolute Gasteiger partial charge is 0.451 e. The number of hydrogen-bond acceptors (Lipinski definition) is 8. The van der Waals surface area contributed by atoms with Crippen LogP contribution in [-0.4, -0.2) is 75.2 Å². The van der Waals surface area contributed by atoms with E-state index in [9.17, 15) is 23.4 Å². The molecule has 0 aliphatic carbocycles. The lowest BCUT2D eigenvalue weighted by Crippen LogP contribution is -2.56. The second kappa shape index (κ2) is 7.79. The van der Waals surface area contributed by atoms with Gasteiger partial charge in [-0.2, -0.15) is 4.31 Å². The van der Waals surface area contributed by atoms with Crippen molar-refractivity contribution in [1.29, 1.82) is 0 Å². The highest BCUT2D eigenvalue weighted by atomic mass is 32.2. The summed E-state index contributed by atoms with van der Waals surface area (Å²) in [6, 6.07) is 2.78. The quantitative estimate of drug-likeness (QED) is 0.351. The van der Waals surface area contributed by atoms with Crippen LogP contribution in [0.4, 0.5) is 0 Å². The highest BCUT2D eigenvalue weighted by Crippen LogP contribution is 2.34. The van der Waals surface area contributed by atoms with Gasteiger partial charge in [-0.1, -0.05) is 6.07 Å². The van der Waals surface area contributed by atoms with Crippen LogP contribution in [0.15, 0.2) is 29.7 Å². The van der Waals surface area contributed by atoms with Gasteiger partial charge in [0.2, 0.25) is 0 Å². The van der Waals surface area contributed by atoms with Crippen molar-refractivity contribution in [3.8, 4) is 11.5 Å². The Balaban J connectivity index is 1.71. The number of hydrogen-bond donors (Lipinski definition) is 5. The van der Waals surface area contributed by atoms with Gasteiger partial charge in [0, 0.05) is 6.20 Å². The number of rotatable bonds is 8. The number of benzene rings is 1. The van der Waals surface area contributed by atoms with Crippen LogP contribution in [0.2, 0.25) is 6.32 Å². The van der Waals surface area contributed by atoms with E-state index in [0.717, 1.165) is 4.31 Å². The van der Waals surface area contributed by atoms with E-state index < -0.39 is 40.5 Å². The Kier molecular flexibility index (Phi) is 5.60. The Morgan fingerprint density at radius 3 is 2.64 bits per heavy atom. The second-order valence-electron chi connectivity index (χ2n) is 6.24. The molecule has 5 N–H and O–H groups in total. The minimum atomic E-state index is -3.74. The number of carbonyl (C=O) groups is 1. The molecule has 1 saturated heterocycles. The normalized spacial score (nSPS) is 15.2. The van der Waals surface area contributed by atoms with E-state index in [1.165, 1.54) is 24.7 Å². The standard InChI is InChI=1S/C15H18BN3O8S/c20-14-9(3-4-16(23)24)1-2-11(13(14)15(21)22)27-10-6-19(7-10)28(25,26)12-5-17-8-18-12/h1-2,5,8,10,20,23-24H,3-4,6-7H2,(H,17,18)(H,21,22). The minimum Gasteiger partial charge on any atom is -0.507 e. The van der Waals surface area contributed by atoms with E-state index in [0.29, 0.717) is 0 Å². The molecule has 28 heavy (non-hydrogen) atoms. The molecule has 1 aromatic carbocycles.